The van der Waals surface area contributed by atoms with Crippen LogP contribution in [0.2, 0.25) is 0 Å². The van der Waals surface area contributed by atoms with Gasteiger partial charge in [0.05, 0.1) is 30.7 Å². The number of rotatable bonds is 9. The number of carbonyl (C=O) groups is 2. The van der Waals surface area contributed by atoms with Crippen molar-refractivity contribution in [3.05, 3.63) is 90.6 Å². The summed E-state index contributed by atoms with van der Waals surface area (Å²) in [4.78, 5) is 48.4. The van der Waals surface area contributed by atoms with Gasteiger partial charge >= 0.3 is 11.4 Å². The predicted octanol–water partition coefficient (Wildman–Crippen LogP) is 8.16. The molecule has 0 unspecified atom stereocenters. The Morgan fingerprint density at radius 3 is 1.28 bits per heavy atom. The van der Waals surface area contributed by atoms with E-state index < -0.39 is 9.85 Å². The van der Waals surface area contributed by atoms with Gasteiger partial charge in [0, 0.05) is 0 Å². The molecule has 0 spiro atoms. The van der Waals surface area contributed by atoms with E-state index in [1.807, 2.05) is 0 Å². The number of ketones is 2. The fourth-order valence-electron chi connectivity index (χ4n) is 3.56. The van der Waals surface area contributed by atoms with E-state index in [0.29, 0.717) is 11.1 Å². The lowest BCUT2D eigenvalue weighted by Crippen LogP contribution is -1.95. The summed E-state index contributed by atoms with van der Waals surface area (Å²) in [5.74, 6) is -0.628. The first-order chi connectivity index (χ1) is 17.2. The van der Waals surface area contributed by atoms with Crippen LogP contribution in [0, 0.1) is 20.2 Å². The summed E-state index contributed by atoms with van der Waals surface area (Å²) in [5, 5.41) is 24.2. The second kappa shape index (κ2) is 10.7. The van der Waals surface area contributed by atoms with Gasteiger partial charge in [0.2, 0.25) is 0 Å². The molecule has 0 aliphatic carbocycles. The normalized spacial score (nSPS) is 10.8. The molecule has 2 aromatic carbocycles. The molecule has 0 bridgehead atoms. The minimum atomic E-state index is -0.534. The van der Waals surface area contributed by atoms with Crippen LogP contribution in [0.5, 0.6) is 0 Å². The van der Waals surface area contributed by atoms with E-state index in [4.69, 9.17) is 0 Å². The molecule has 0 atom stereocenters. The number of carbonyl (C=O) groups excluding carboxylic acids is 2. The predicted molar refractivity (Wildman–Crippen MR) is 145 cm³/mol. The number of nitro groups is 2. The molecular weight excluding hydrogens is 541 g/mol. The van der Waals surface area contributed by atoms with Gasteiger partial charge in [0.15, 0.2) is 20.0 Å². The Hall–Kier alpha value is -3.32. The number of nitrogens with zero attached hydrogens (tertiary/aromatic N) is 2. The molecular formula is C24H16N2O6S4. The Kier molecular flexibility index (Phi) is 7.69. The van der Waals surface area contributed by atoms with Gasteiger partial charge in [-0.3, -0.25) is 29.8 Å². The molecule has 0 N–H and O–H groups in total. The number of thiophene rings is 2. The maximum absolute atomic E-state index is 12.4. The van der Waals surface area contributed by atoms with Crippen LogP contribution in [0.3, 0.4) is 0 Å². The number of hydrogen-bond acceptors (Lipinski definition) is 10. The summed E-state index contributed by atoms with van der Waals surface area (Å²) >= 11 is 1.97. The van der Waals surface area contributed by atoms with E-state index >= 15 is 0 Å². The second-order valence-electron chi connectivity index (χ2n) is 7.41. The molecule has 182 valence electrons. The zero-order valence-electron chi connectivity index (χ0n) is 18.8. The van der Waals surface area contributed by atoms with E-state index in [-0.39, 0.29) is 52.2 Å². The van der Waals surface area contributed by atoms with E-state index in [9.17, 15) is 29.8 Å². The van der Waals surface area contributed by atoms with Crippen LogP contribution in [0.1, 0.15) is 33.2 Å². The highest BCUT2D eigenvalue weighted by atomic mass is 33.1. The number of Topliss-reactive ketones (excluding diaryl/α,β-unsaturated/α-hetero) is 2. The third-order valence-corrected chi connectivity index (χ3v) is 10.8. The zero-order chi connectivity index (χ0) is 26.0. The zero-order valence-corrected chi connectivity index (χ0v) is 22.0. The van der Waals surface area contributed by atoms with Gasteiger partial charge in [-0.1, -0.05) is 60.7 Å². The first kappa shape index (κ1) is 25.8. The maximum Gasteiger partial charge on any atom is 0.303 e. The van der Waals surface area contributed by atoms with Gasteiger partial charge < -0.3 is 0 Å². The van der Waals surface area contributed by atoms with E-state index in [2.05, 4.69) is 0 Å². The molecule has 0 aliphatic heterocycles. The van der Waals surface area contributed by atoms with Gasteiger partial charge in [-0.05, 0) is 46.6 Å². The topological polar surface area (TPSA) is 120 Å². The quantitative estimate of drug-likeness (QED) is 0.0876. The SMILES string of the molecule is CC(=O)c1sc(SSc2sc(C(C)=O)c(-c3ccccc3)c2[N+](=O)[O-])c([N+](=O)[O-])c1-c1ccccc1. The molecule has 0 aliphatic rings. The standard InChI is InChI=1S/C24H16N2O6S4/c1-13(27)21-17(15-9-5-3-6-10-15)19(25(29)30)23(33-21)35-36-24-20(26(31)32)18(22(34-24)14(2)28)16-11-7-4-8-12-16/h3-12H,1-2H3. The number of hydrogen-bond donors (Lipinski definition) is 0. The Balaban J connectivity index is 1.82. The minimum absolute atomic E-state index is 0.219. The summed E-state index contributed by atoms with van der Waals surface area (Å²) in [7, 11) is 1.94. The van der Waals surface area contributed by atoms with Gasteiger partial charge in [0.25, 0.3) is 0 Å². The van der Waals surface area contributed by atoms with Gasteiger partial charge in [0.1, 0.15) is 0 Å². The molecule has 8 nitrogen and oxygen atoms in total. The molecule has 0 saturated heterocycles. The van der Waals surface area contributed by atoms with Crippen LogP contribution in [0.4, 0.5) is 11.4 Å². The lowest BCUT2D eigenvalue weighted by Gasteiger charge is -2.02. The van der Waals surface area contributed by atoms with Crippen molar-refractivity contribution in [1.82, 2.24) is 0 Å². The van der Waals surface area contributed by atoms with Crippen LogP contribution in [0.15, 0.2) is 69.1 Å². The molecule has 4 aromatic rings. The van der Waals surface area contributed by atoms with E-state index in [0.717, 1.165) is 44.3 Å². The van der Waals surface area contributed by atoms with Crippen LogP contribution in [-0.2, 0) is 0 Å². The first-order valence-corrected chi connectivity index (χ1v) is 14.1. The second-order valence-corrected chi connectivity index (χ2v) is 12.1. The van der Waals surface area contributed by atoms with Gasteiger partial charge in [-0.25, -0.2) is 0 Å². The van der Waals surface area contributed by atoms with E-state index in [1.54, 1.807) is 60.7 Å². The summed E-state index contributed by atoms with van der Waals surface area (Å²) in [5.41, 5.74) is 1.10. The molecule has 12 heteroatoms. The third-order valence-electron chi connectivity index (χ3n) is 5.03. The molecule has 4 rings (SSSR count). The molecule has 0 radical (unpaired) electrons. The lowest BCUT2D eigenvalue weighted by molar-refractivity contribution is -0.386. The summed E-state index contributed by atoms with van der Waals surface area (Å²) in [6.45, 7) is 2.69. The van der Waals surface area contributed by atoms with Crippen LogP contribution in [0.25, 0.3) is 22.3 Å². The Bertz CT molecular complexity index is 1380. The third kappa shape index (κ3) is 4.98. The summed E-state index contributed by atoms with van der Waals surface area (Å²) in [6.07, 6.45) is 0. The van der Waals surface area contributed by atoms with Gasteiger partial charge in [-0.15, -0.1) is 22.7 Å². The van der Waals surface area contributed by atoms with Crippen molar-refractivity contribution >= 4 is 67.2 Å². The van der Waals surface area contributed by atoms with Crippen molar-refractivity contribution in [2.75, 3.05) is 0 Å². The monoisotopic (exact) mass is 556 g/mol. The number of benzene rings is 2. The van der Waals surface area contributed by atoms with Gasteiger partial charge in [-0.2, -0.15) is 0 Å². The summed E-state index contributed by atoms with van der Waals surface area (Å²) < 4.78 is 0.477. The average Bonchev–Trinajstić information content (AvgIpc) is 3.43. The largest absolute Gasteiger partial charge is 0.303 e. The highest BCUT2D eigenvalue weighted by molar-refractivity contribution is 8.77. The molecule has 0 fully saturated rings. The van der Waals surface area contributed by atoms with Crippen LogP contribution in [-0.4, -0.2) is 21.4 Å². The minimum Gasteiger partial charge on any atom is -0.294 e. The highest BCUT2D eigenvalue weighted by Gasteiger charge is 2.34. The first-order valence-electron chi connectivity index (χ1n) is 10.3. The molecule has 2 aromatic heterocycles. The van der Waals surface area contributed by atoms with Crippen molar-refractivity contribution in [3.8, 4) is 22.3 Å². The Morgan fingerprint density at radius 2 is 1.00 bits per heavy atom. The van der Waals surface area contributed by atoms with Crippen molar-refractivity contribution < 1.29 is 19.4 Å². The van der Waals surface area contributed by atoms with Crippen LogP contribution >= 0.6 is 44.3 Å². The smallest absolute Gasteiger partial charge is 0.294 e. The Morgan fingerprint density at radius 1 is 0.667 bits per heavy atom. The van der Waals surface area contributed by atoms with Crippen molar-refractivity contribution in [2.24, 2.45) is 0 Å². The molecule has 0 amide bonds. The summed E-state index contributed by atoms with van der Waals surface area (Å²) in [6, 6.07) is 17.2. The molecule has 2 heterocycles. The fourth-order valence-corrected chi connectivity index (χ4v) is 8.99. The van der Waals surface area contributed by atoms with E-state index in [1.165, 1.54) is 13.8 Å². The van der Waals surface area contributed by atoms with Crippen molar-refractivity contribution in [1.29, 1.82) is 0 Å². The molecule has 0 saturated carbocycles. The maximum atomic E-state index is 12.4. The van der Waals surface area contributed by atoms with Crippen molar-refractivity contribution in [2.45, 2.75) is 22.3 Å². The molecule has 36 heavy (non-hydrogen) atoms. The van der Waals surface area contributed by atoms with Crippen molar-refractivity contribution in [3.63, 3.8) is 0 Å². The fraction of sp³-hybridized carbons (Fsp3) is 0.0833. The highest BCUT2D eigenvalue weighted by Crippen LogP contribution is 2.56. The van der Waals surface area contributed by atoms with Crippen LogP contribution < -0.4 is 0 Å². The Labute approximate surface area is 221 Å². The lowest BCUT2D eigenvalue weighted by atomic mass is 10.0. The average molecular weight is 557 g/mol.